The van der Waals surface area contributed by atoms with Crippen molar-refractivity contribution >= 4 is 10.4 Å². The minimum Gasteiger partial charge on any atom is -0.726 e. The molecule has 0 saturated carbocycles. The molecular formula is C14H29NaO6S. The van der Waals surface area contributed by atoms with Gasteiger partial charge in [0, 0.05) is 0 Å². The number of hydrogen-bond donors (Lipinski definition) is 0. The van der Waals surface area contributed by atoms with E-state index in [1.54, 1.807) is 0 Å². The smallest absolute Gasteiger partial charge is 0.726 e. The van der Waals surface area contributed by atoms with Gasteiger partial charge in [-0.15, -0.1) is 0 Å². The molecule has 0 N–H and O–H groups in total. The maximum Gasteiger partial charge on any atom is 1.00 e. The maximum atomic E-state index is 10.1. The second-order valence-electron chi connectivity index (χ2n) is 5.06. The Morgan fingerprint density at radius 2 is 1.18 bits per heavy atom. The van der Waals surface area contributed by atoms with Crippen LogP contribution in [0.15, 0.2) is 0 Å². The third kappa shape index (κ3) is 23.1. The summed E-state index contributed by atoms with van der Waals surface area (Å²) in [5.41, 5.74) is 0. The van der Waals surface area contributed by atoms with Gasteiger partial charge < -0.3 is 4.55 Å². The summed E-state index contributed by atoms with van der Waals surface area (Å²) < 4.78 is 34.2. The topological polar surface area (TPSA) is 84.9 Å². The number of unbranched alkanes of at least 4 members (excludes halogenated alkanes) is 9. The van der Waals surface area contributed by atoms with E-state index in [2.05, 4.69) is 16.0 Å². The molecule has 0 aliphatic rings. The first-order valence-corrected chi connectivity index (χ1v) is 9.24. The van der Waals surface area contributed by atoms with Gasteiger partial charge in [-0.2, -0.15) is 0 Å². The van der Waals surface area contributed by atoms with Crippen molar-refractivity contribution < 1.29 is 56.5 Å². The first-order valence-electron chi connectivity index (χ1n) is 7.91. The van der Waals surface area contributed by atoms with E-state index in [1.165, 1.54) is 51.4 Å². The van der Waals surface area contributed by atoms with Crippen molar-refractivity contribution in [2.24, 2.45) is 0 Å². The van der Waals surface area contributed by atoms with Gasteiger partial charge in [-0.05, 0) is 6.42 Å². The Labute approximate surface area is 157 Å². The molecule has 0 unspecified atom stereocenters. The molecule has 0 aliphatic heterocycles. The molecule has 6 nitrogen and oxygen atoms in total. The van der Waals surface area contributed by atoms with Gasteiger partial charge in [0.15, 0.2) is 0 Å². The van der Waals surface area contributed by atoms with Crippen molar-refractivity contribution in [3.05, 3.63) is 0 Å². The Morgan fingerprint density at radius 1 is 0.727 bits per heavy atom. The third-order valence-corrected chi connectivity index (χ3v) is 3.51. The Kier molecular flexibility index (Phi) is 20.6. The van der Waals surface area contributed by atoms with E-state index in [0.29, 0.717) is 6.61 Å². The molecule has 0 fully saturated rings. The van der Waals surface area contributed by atoms with Crippen molar-refractivity contribution in [2.45, 2.75) is 71.1 Å². The zero-order chi connectivity index (χ0) is 15.8. The molecule has 0 bridgehead atoms. The normalized spacial score (nSPS) is 11.4. The maximum absolute atomic E-state index is 10.1. The molecule has 8 heteroatoms. The van der Waals surface area contributed by atoms with Crippen LogP contribution in [0.25, 0.3) is 0 Å². The van der Waals surface area contributed by atoms with Crippen LogP contribution in [0.2, 0.25) is 0 Å². The van der Waals surface area contributed by atoms with Gasteiger partial charge in [0.2, 0.25) is 10.4 Å². The van der Waals surface area contributed by atoms with Crippen molar-refractivity contribution in [3.8, 4) is 0 Å². The molecule has 0 aromatic heterocycles. The van der Waals surface area contributed by atoms with Gasteiger partial charge in [0.1, 0.15) is 6.61 Å². The molecule has 0 aliphatic carbocycles. The summed E-state index contributed by atoms with van der Waals surface area (Å²) in [4.78, 5) is 9.53. The summed E-state index contributed by atoms with van der Waals surface area (Å²) in [6.07, 6.45) is 12.5. The third-order valence-electron chi connectivity index (χ3n) is 3.06. The van der Waals surface area contributed by atoms with Gasteiger partial charge in [-0.3, -0.25) is 4.18 Å². The average molecular weight is 348 g/mol. The van der Waals surface area contributed by atoms with E-state index in [1.807, 2.05) is 0 Å². The molecule has 0 radical (unpaired) electrons. The van der Waals surface area contributed by atoms with Gasteiger partial charge in [-0.1, -0.05) is 64.7 Å². The molecule has 0 heterocycles. The largest absolute Gasteiger partial charge is 1.00 e. The van der Waals surface area contributed by atoms with E-state index < -0.39 is 10.4 Å². The molecule has 0 spiro atoms. The van der Waals surface area contributed by atoms with Crippen molar-refractivity contribution in [2.75, 3.05) is 19.8 Å². The van der Waals surface area contributed by atoms with Crippen molar-refractivity contribution in [1.82, 2.24) is 0 Å². The Morgan fingerprint density at radius 3 is 1.68 bits per heavy atom. The fourth-order valence-electron chi connectivity index (χ4n) is 1.94. The summed E-state index contributed by atoms with van der Waals surface area (Å²) >= 11 is 0. The quantitative estimate of drug-likeness (QED) is 0.0998. The van der Waals surface area contributed by atoms with E-state index in [0.717, 1.165) is 12.8 Å². The van der Waals surface area contributed by atoms with E-state index in [4.69, 9.17) is 4.89 Å². The zero-order valence-corrected chi connectivity index (χ0v) is 16.9. The molecule has 0 amide bonds. The molecule has 0 saturated heterocycles. The summed E-state index contributed by atoms with van der Waals surface area (Å²) in [6, 6.07) is 0. The molecule has 22 heavy (non-hydrogen) atoms. The van der Waals surface area contributed by atoms with Gasteiger partial charge >= 0.3 is 29.6 Å². The van der Waals surface area contributed by atoms with E-state index in [-0.39, 0.29) is 42.8 Å². The number of hydrogen-bond acceptors (Lipinski definition) is 6. The second kappa shape index (κ2) is 18.1. The van der Waals surface area contributed by atoms with Crippen LogP contribution in [0.5, 0.6) is 0 Å². The Balaban J connectivity index is 0. The van der Waals surface area contributed by atoms with Gasteiger partial charge in [0.25, 0.3) is 0 Å². The standard InChI is InChI=1S/C14H30O6S.Na/c1-2-3-4-5-6-7-8-9-10-11-12-18-19-13-14-20-21(15,16)17;/h2-14H2,1H3,(H,15,16,17);/q;+1/p-1. The monoisotopic (exact) mass is 348 g/mol. The number of rotatable bonds is 16. The molecule has 0 aromatic rings. The minimum atomic E-state index is -4.63. The van der Waals surface area contributed by atoms with Gasteiger partial charge in [-0.25, -0.2) is 18.2 Å². The predicted molar refractivity (Wildman–Crippen MR) is 79.4 cm³/mol. The summed E-state index contributed by atoms with van der Waals surface area (Å²) in [6.45, 7) is 2.31. The second-order valence-corrected chi connectivity index (χ2v) is 6.11. The molecular weight excluding hydrogens is 319 g/mol. The fourth-order valence-corrected chi connectivity index (χ4v) is 2.21. The van der Waals surface area contributed by atoms with E-state index in [9.17, 15) is 13.0 Å². The minimum absolute atomic E-state index is 0. The first-order chi connectivity index (χ1) is 10.1. The Hall–Kier alpha value is 0.790. The van der Waals surface area contributed by atoms with Crippen LogP contribution in [0.3, 0.4) is 0 Å². The summed E-state index contributed by atoms with van der Waals surface area (Å²) in [5, 5.41) is 0. The van der Waals surface area contributed by atoms with Crippen LogP contribution in [0.1, 0.15) is 71.1 Å². The van der Waals surface area contributed by atoms with Gasteiger partial charge in [0.05, 0.1) is 13.2 Å². The van der Waals surface area contributed by atoms with Crippen LogP contribution < -0.4 is 29.6 Å². The van der Waals surface area contributed by atoms with Crippen LogP contribution in [-0.4, -0.2) is 32.8 Å². The molecule has 0 atom stereocenters. The molecule has 0 aromatic carbocycles. The molecule has 128 valence electrons. The van der Waals surface area contributed by atoms with Crippen LogP contribution in [0.4, 0.5) is 0 Å². The van der Waals surface area contributed by atoms with Crippen LogP contribution in [-0.2, 0) is 24.4 Å². The van der Waals surface area contributed by atoms with Crippen LogP contribution >= 0.6 is 0 Å². The fraction of sp³-hybridized carbons (Fsp3) is 1.00. The molecule has 0 rings (SSSR count). The zero-order valence-electron chi connectivity index (χ0n) is 14.1. The summed E-state index contributed by atoms with van der Waals surface area (Å²) in [5.74, 6) is 0. The average Bonchev–Trinajstić information content (AvgIpc) is 2.42. The van der Waals surface area contributed by atoms with Crippen molar-refractivity contribution in [1.29, 1.82) is 0 Å². The summed E-state index contributed by atoms with van der Waals surface area (Å²) in [7, 11) is -4.63. The predicted octanol–water partition coefficient (Wildman–Crippen LogP) is 0.336. The Bertz CT molecular complexity index is 310. The van der Waals surface area contributed by atoms with Crippen molar-refractivity contribution in [3.63, 3.8) is 0 Å². The van der Waals surface area contributed by atoms with Crippen LogP contribution in [0, 0.1) is 0 Å². The van der Waals surface area contributed by atoms with E-state index >= 15 is 0 Å². The SMILES string of the molecule is CCCCCCCCCCCCOOCCOS(=O)(=O)[O-].[Na+]. The first kappa shape index (κ1) is 25.0.